The first-order valence-corrected chi connectivity index (χ1v) is 11.7. The summed E-state index contributed by atoms with van der Waals surface area (Å²) < 4.78 is 0. The lowest BCUT2D eigenvalue weighted by molar-refractivity contribution is 0.0827. The van der Waals surface area contributed by atoms with Crippen molar-refractivity contribution in [3.05, 3.63) is 70.9 Å². The number of hydrogen-bond acceptors (Lipinski definition) is 7. The summed E-state index contributed by atoms with van der Waals surface area (Å²) in [5.74, 6) is 0.315. The minimum absolute atomic E-state index is 0.0424. The van der Waals surface area contributed by atoms with Gasteiger partial charge >= 0.3 is 0 Å². The SMILES string of the molecule is CC(C)NC(=O)c1cnc(Nc2ccc3c(c2)CCNC3)nc1Nc1cccc(C(=O)N(C)C)c1. The van der Waals surface area contributed by atoms with Crippen LogP contribution >= 0.6 is 0 Å². The zero-order chi connectivity index (χ0) is 24.9. The van der Waals surface area contributed by atoms with E-state index in [2.05, 4.69) is 43.4 Å². The lowest BCUT2D eigenvalue weighted by Crippen LogP contribution is -2.31. The summed E-state index contributed by atoms with van der Waals surface area (Å²) in [6, 6.07) is 13.3. The summed E-state index contributed by atoms with van der Waals surface area (Å²) in [5, 5.41) is 12.7. The summed E-state index contributed by atoms with van der Waals surface area (Å²) >= 11 is 0. The molecule has 0 aliphatic carbocycles. The van der Waals surface area contributed by atoms with Crippen LogP contribution in [0.25, 0.3) is 0 Å². The largest absolute Gasteiger partial charge is 0.350 e. The average molecular weight is 474 g/mol. The second-order valence-electron chi connectivity index (χ2n) is 9.02. The second kappa shape index (κ2) is 10.5. The van der Waals surface area contributed by atoms with Crippen molar-refractivity contribution < 1.29 is 9.59 Å². The number of carbonyl (C=O) groups is 2. The standard InChI is InChI=1S/C26H31N7O2/c1-16(2)29-24(34)22-15-28-26(31-21-9-8-19-14-27-11-10-17(19)12-21)32-23(22)30-20-7-5-6-18(13-20)25(35)33(3)4/h5-9,12-13,15-16,27H,10-11,14H2,1-4H3,(H,29,34)(H2,28,30,31,32). The zero-order valence-electron chi connectivity index (χ0n) is 20.5. The van der Waals surface area contributed by atoms with E-state index in [-0.39, 0.29) is 17.9 Å². The Kier molecular flexibility index (Phi) is 7.26. The highest BCUT2D eigenvalue weighted by molar-refractivity contribution is 6.00. The molecule has 0 saturated carbocycles. The van der Waals surface area contributed by atoms with Crippen LogP contribution in [-0.4, -0.2) is 53.4 Å². The van der Waals surface area contributed by atoms with Gasteiger partial charge in [0.1, 0.15) is 11.4 Å². The van der Waals surface area contributed by atoms with Crippen LogP contribution in [-0.2, 0) is 13.0 Å². The molecule has 9 nitrogen and oxygen atoms in total. The molecule has 0 unspecified atom stereocenters. The molecule has 4 N–H and O–H groups in total. The van der Waals surface area contributed by atoms with Gasteiger partial charge in [-0.1, -0.05) is 12.1 Å². The van der Waals surface area contributed by atoms with Gasteiger partial charge in [-0.05, 0) is 68.3 Å². The first-order chi connectivity index (χ1) is 16.8. The number of aromatic nitrogens is 2. The van der Waals surface area contributed by atoms with Gasteiger partial charge in [-0.3, -0.25) is 9.59 Å². The van der Waals surface area contributed by atoms with Crippen LogP contribution in [0.4, 0.5) is 23.1 Å². The Morgan fingerprint density at radius 2 is 1.83 bits per heavy atom. The van der Waals surface area contributed by atoms with Crippen LogP contribution in [0.2, 0.25) is 0 Å². The average Bonchev–Trinajstić information content (AvgIpc) is 2.83. The van der Waals surface area contributed by atoms with Gasteiger partial charge in [0.2, 0.25) is 5.95 Å². The minimum atomic E-state index is -0.282. The fourth-order valence-electron chi connectivity index (χ4n) is 3.85. The van der Waals surface area contributed by atoms with Gasteiger partial charge < -0.3 is 26.2 Å². The summed E-state index contributed by atoms with van der Waals surface area (Å²) in [7, 11) is 3.41. The third-order valence-electron chi connectivity index (χ3n) is 5.58. The van der Waals surface area contributed by atoms with E-state index in [0.717, 1.165) is 25.2 Å². The van der Waals surface area contributed by atoms with Crippen LogP contribution in [0.3, 0.4) is 0 Å². The Morgan fingerprint density at radius 3 is 2.60 bits per heavy atom. The van der Waals surface area contributed by atoms with E-state index in [9.17, 15) is 9.59 Å². The number of anilines is 4. The van der Waals surface area contributed by atoms with Crippen molar-refractivity contribution in [2.24, 2.45) is 0 Å². The Hall–Kier alpha value is -3.98. The van der Waals surface area contributed by atoms with Gasteiger partial charge in [-0.25, -0.2) is 4.98 Å². The van der Waals surface area contributed by atoms with Gasteiger partial charge in [0, 0.05) is 49.8 Å². The molecule has 2 amide bonds. The number of carbonyl (C=O) groups excluding carboxylic acids is 2. The third kappa shape index (κ3) is 5.93. The lowest BCUT2D eigenvalue weighted by atomic mass is 10.0. The van der Waals surface area contributed by atoms with E-state index >= 15 is 0 Å². The molecular formula is C26H31N7O2. The van der Waals surface area contributed by atoms with Crippen LogP contribution < -0.4 is 21.3 Å². The minimum Gasteiger partial charge on any atom is -0.350 e. The van der Waals surface area contributed by atoms with Gasteiger partial charge in [0.25, 0.3) is 11.8 Å². The molecule has 9 heteroatoms. The normalized spacial score (nSPS) is 12.6. The molecule has 1 aliphatic rings. The topological polar surface area (TPSA) is 111 Å². The third-order valence-corrected chi connectivity index (χ3v) is 5.58. The summed E-state index contributed by atoms with van der Waals surface area (Å²) in [4.78, 5) is 35.8. The van der Waals surface area contributed by atoms with Gasteiger partial charge in [0.05, 0.1) is 0 Å². The van der Waals surface area contributed by atoms with Crippen molar-refractivity contribution in [2.75, 3.05) is 31.3 Å². The Balaban J connectivity index is 1.64. The fourth-order valence-corrected chi connectivity index (χ4v) is 3.85. The molecule has 1 aliphatic heterocycles. The molecular weight excluding hydrogens is 442 g/mol. The number of hydrogen-bond donors (Lipinski definition) is 4. The predicted molar refractivity (Wildman–Crippen MR) is 138 cm³/mol. The molecule has 1 aromatic heterocycles. The van der Waals surface area contributed by atoms with E-state index in [0.29, 0.717) is 28.6 Å². The van der Waals surface area contributed by atoms with Crippen molar-refractivity contribution in [3.8, 4) is 0 Å². The lowest BCUT2D eigenvalue weighted by Gasteiger charge is -2.18. The molecule has 0 saturated heterocycles. The molecule has 0 atom stereocenters. The molecule has 2 aromatic carbocycles. The summed E-state index contributed by atoms with van der Waals surface area (Å²) in [5.41, 5.74) is 4.95. The summed E-state index contributed by atoms with van der Waals surface area (Å²) in [6.07, 6.45) is 2.47. The maximum atomic E-state index is 12.8. The number of amides is 2. The molecule has 0 spiro atoms. The van der Waals surface area contributed by atoms with Crippen molar-refractivity contribution in [2.45, 2.75) is 32.9 Å². The number of benzene rings is 2. The molecule has 35 heavy (non-hydrogen) atoms. The maximum Gasteiger partial charge on any atom is 0.256 e. The molecule has 4 rings (SSSR count). The first kappa shape index (κ1) is 24.2. The van der Waals surface area contributed by atoms with Crippen molar-refractivity contribution in [1.82, 2.24) is 25.5 Å². The zero-order valence-corrected chi connectivity index (χ0v) is 20.5. The molecule has 2 heterocycles. The maximum absolute atomic E-state index is 12.8. The second-order valence-corrected chi connectivity index (χ2v) is 9.02. The Morgan fingerprint density at radius 1 is 1.03 bits per heavy atom. The summed E-state index contributed by atoms with van der Waals surface area (Å²) in [6.45, 7) is 5.61. The van der Waals surface area contributed by atoms with Crippen LogP contribution in [0.5, 0.6) is 0 Å². The molecule has 182 valence electrons. The van der Waals surface area contributed by atoms with E-state index in [4.69, 9.17) is 0 Å². The Bertz CT molecular complexity index is 1240. The predicted octanol–water partition coefficient (Wildman–Crippen LogP) is 3.45. The van der Waals surface area contributed by atoms with Crippen LogP contribution in [0, 0.1) is 0 Å². The van der Waals surface area contributed by atoms with Crippen molar-refractivity contribution >= 4 is 35.0 Å². The van der Waals surface area contributed by atoms with Crippen molar-refractivity contribution in [3.63, 3.8) is 0 Å². The van der Waals surface area contributed by atoms with Crippen molar-refractivity contribution in [1.29, 1.82) is 0 Å². The monoisotopic (exact) mass is 473 g/mol. The number of rotatable bonds is 7. The van der Waals surface area contributed by atoms with E-state index in [1.54, 1.807) is 32.3 Å². The molecule has 0 bridgehead atoms. The van der Waals surface area contributed by atoms with E-state index in [1.807, 2.05) is 26.0 Å². The number of nitrogens with one attached hydrogen (secondary N) is 4. The van der Waals surface area contributed by atoms with Gasteiger partial charge in [-0.2, -0.15) is 4.98 Å². The van der Waals surface area contributed by atoms with Gasteiger partial charge in [0.15, 0.2) is 0 Å². The first-order valence-electron chi connectivity index (χ1n) is 11.7. The number of fused-ring (bicyclic) bond motifs is 1. The Labute approximate surface area is 205 Å². The molecule has 0 fully saturated rings. The van der Waals surface area contributed by atoms with E-state index < -0.39 is 0 Å². The van der Waals surface area contributed by atoms with E-state index in [1.165, 1.54) is 22.2 Å². The van der Waals surface area contributed by atoms with Crippen LogP contribution in [0.15, 0.2) is 48.7 Å². The fraction of sp³-hybridized carbons (Fsp3) is 0.308. The highest BCUT2D eigenvalue weighted by Gasteiger charge is 2.17. The smallest absolute Gasteiger partial charge is 0.256 e. The molecule has 3 aromatic rings. The highest BCUT2D eigenvalue weighted by Crippen LogP contribution is 2.24. The van der Waals surface area contributed by atoms with Crippen LogP contribution in [0.1, 0.15) is 45.7 Å². The number of nitrogens with zero attached hydrogens (tertiary/aromatic N) is 3. The van der Waals surface area contributed by atoms with Gasteiger partial charge in [-0.15, -0.1) is 0 Å². The highest BCUT2D eigenvalue weighted by atomic mass is 16.2. The quantitative estimate of drug-likeness (QED) is 0.416. The molecule has 0 radical (unpaired) electrons.